The molecule has 118 valence electrons. The molecular formula is C17H16ClN3O2. The number of benzene rings is 1. The highest BCUT2D eigenvalue weighted by atomic mass is 35.5. The highest BCUT2D eigenvalue weighted by Gasteiger charge is 2.13. The van der Waals surface area contributed by atoms with Gasteiger partial charge in [0.15, 0.2) is 5.52 Å². The summed E-state index contributed by atoms with van der Waals surface area (Å²) in [5.74, 6) is 0. The van der Waals surface area contributed by atoms with E-state index in [9.17, 15) is 9.59 Å². The molecule has 0 bridgehead atoms. The first-order valence-corrected chi connectivity index (χ1v) is 7.82. The van der Waals surface area contributed by atoms with E-state index in [2.05, 4.69) is 4.98 Å². The molecule has 2 aromatic heterocycles. The Morgan fingerprint density at radius 1 is 1.09 bits per heavy atom. The second-order valence-corrected chi connectivity index (χ2v) is 5.76. The second-order valence-electron chi connectivity index (χ2n) is 5.32. The molecule has 0 N–H and O–H groups in total. The lowest BCUT2D eigenvalue weighted by atomic mass is 10.2. The number of hydrogen-bond acceptors (Lipinski definition) is 3. The van der Waals surface area contributed by atoms with Crippen LogP contribution < -0.4 is 11.2 Å². The molecule has 0 atom stereocenters. The molecule has 0 aliphatic heterocycles. The average Bonchev–Trinajstić information content (AvgIpc) is 2.57. The fourth-order valence-electron chi connectivity index (χ4n) is 2.59. The van der Waals surface area contributed by atoms with Crippen LogP contribution >= 0.6 is 11.6 Å². The van der Waals surface area contributed by atoms with Crippen molar-refractivity contribution in [3.05, 3.63) is 74.0 Å². The van der Waals surface area contributed by atoms with Gasteiger partial charge in [-0.25, -0.2) is 9.78 Å². The zero-order chi connectivity index (χ0) is 16.4. The first-order chi connectivity index (χ1) is 11.1. The number of aryl methyl sites for hydroxylation is 1. The number of fused-ring (bicyclic) bond motifs is 1. The molecule has 6 heteroatoms. The zero-order valence-corrected chi connectivity index (χ0v) is 13.5. The van der Waals surface area contributed by atoms with Gasteiger partial charge < -0.3 is 0 Å². The van der Waals surface area contributed by atoms with Crippen molar-refractivity contribution >= 4 is 22.6 Å². The minimum atomic E-state index is -0.368. The quantitative estimate of drug-likeness (QED) is 0.739. The van der Waals surface area contributed by atoms with Crippen molar-refractivity contribution in [3.63, 3.8) is 0 Å². The maximum Gasteiger partial charge on any atom is 0.331 e. The summed E-state index contributed by atoms with van der Waals surface area (Å²) in [4.78, 5) is 29.5. The van der Waals surface area contributed by atoms with Crippen LogP contribution in [0.1, 0.15) is 18.9 Å². The van der Waals surface area contributed by atoms with Gasteiger partial charge >= 0.3 is 5.69 Å². The van der Waals surface area contributed by atoms with Gasteiger partial charge in [-0.1, -0.05) is 30.7 Å². The molecular weight excluding hydrogens is 314 g/mol. The Labute approximate surface area is 137 Å². The summed E-state index contributed by atoms with van der Waals surface area (Å²) in [7, 11) is 0. The van der Waals surface area contributed by atoms with Crippen LogP contribution in [0.5, 0.6) is 0 Å². The first kappa shape index (κ1) is 15.5. The molecule has 0 saturated heterocycles. The van der Waals surface area contributed by atoms with Crippen LogP contribution in [0.2, 0.25) is 5.02 Å². The van der Waals surface area contributed by atoms with Crippen LogP contribution in [-0.4, -0.2) is 14.1 Å². The van der Waals surface area contributed by atoms with Crippen LogP contribution in [0.25, 0.3) is 11.0 Å². The molecule has 0 aliphatic rings. The van der Waals surface area contributed by atoms with Crippen LogP contribution in [-0.2, 0) is 13.1 Å². The number of hydrogen-bond donors (Lipinski definition) is 0. The van der Waals surface area contributed by atoms with Crippen molar-refractivity contribution in [1.82, 2.24) is 14.1 Å². The Morgan fingerprint density at radius 2 is 1.83 bits per heavy atom. The third-order valence-electron chi connectivity index (χ3n) is 3.69. The highest BCUT2D eigenvalue weighted by molar-refractivity contribution is 6.30. The van der Waals surface area contributed by atoms with Crippen LogP contribution in [0.4, 0.5) is 0 Å². The van der Waals surface area contributed by atoms with E-state index < -0.39 is 0 Å². The van der Waals surface area contributed by atoms with Crippen LogP contribution in [0.15, 0.2) is 52.2 Å². The van der Waals surface area contributed by atoms with Crippen molar-refractivity contribution in [2.24, 2.45) is 0 Å². The third-order valence-corrected chi connectivity index (χ3v) is 3.94. The maximum absolute atomic E-state index is 12.7. The Bertz CT molecular complexity index is 958. The maximum atomic E-state index is 12.7. The second kappa shape index (κ2) is 6.38. The van der Waals surface area contributed by atoms with Crippen LogP contribution in [0.3, 0.4) is 0 Å². The SMILES string of the molecule is CCCn1c(=O)n(Cc2ccc(Cl)cc2)c(=O)c2ncccc21. The van der Waals surface area contributed by atoms with E-state index in [1.54, 1.807) is 47.2 Å². The molecule has 23 heavy (non-hydrogen) atoms. The summed E-state index contributed by atoms with van der Waals surface area (Å²) >= 11 is 5.88. The molecule has 5 nitrogen and oxygen atoms in total. The average molecular weight is 330 g/mol. The van der Waals surface area contributed by atoms with Crippen molar-refractivity contribution in [2.75, 3.05) is 0 Å². The fraction of sp³-hybridized carbons (Fsp3) is 0.235. The van der Waals surface area contributed by atoms with Gasteiger partial charge in [-0.05, 0) is 36.2 Å². The lowest BCUT2D eigenvalue weighted by molar-refractivity contribution is 0.592. The van der Waals surface area contributed by atoms with Crippen molar-refractivity contribution in [3.8, 4) is 0 Å². The van der Waals surface area contributed by atoms with E-state index in [4.69, 9.17) is 11.6 Å². The number of rotatable bonds is 4. The van der Waals surface area contributed by atoms with E-state index in [0.717, 1.165) is 12.0 Å². The summed E-state index contributed by atoms with van der Waals surface area (Å²) in [6.45, 7) is 2.73. The van der Waals surface area contributed by atoms with E-state index in [-0.39, 0.29) is 17.8 Å². The lowest BCUT2D eigenvalue weighted by Crippen LogP contribution is -2.40. The van der Waals surface area contributed by atoms with Gasteiger partial charge in [-0.3, -0.25) is 13.9 Å². The molecule has 0 spiro atoms. The standard InChI is InChI=1S/C17H16ClN3O2/c1-2-10-20-14-4-3-9-19-15(14)16(22)21(17(20)23)11-12-5-7-13(18)8-6-12/h3-9H,2,10-11H2,1H3. The molecule has 2 heterocycles. The minimum absolute atomic E-state index is 0.199. The number of aromatic nitrogens is 3. The van der Waals surface area contributed by atoms with Crippen molar-refractivity contribution < 1.29 is 0 Å². The van der Waals surface area contributed by atoms with E-state index in [1.165, 1.54) is 4.57 Å². The Morgan fingerprint density at radius 3 is 2.52 bits per heavy atom. The molecule has 3 aromatic rings. The van der Waals surface area contributed by atoms with Gasteiger partial charge in [0, 0.05) is 17.8 Å². The topological polar surface area (TPSA) is 56.9 Å². The largest absolute Gasteiger partial charge is 0.331 e. The third kappa shape index (κ3) is 2.92. The predicted molar refractivity (Wildman–Crippen MR) is 91.1 cm³/mol. The predicted octanol–water partition coefficient (Wildman–Crippen LogP) is 2.67. The summed E-state index contributed by atoms with van der Waals surface area (Å²) in [5, 5.41) is 0.615. The molecule has 3 rings (SSSR count). The zero-order valence-electron chi connectivity index (χ0n) is 12.7. The molecule has 0 unspecified atom stereocenters. The Hall–Kier alpha value is -2.40. The highest BCUT2D eigenvalue weighted by Crippen LogP contribution is 2.10. The molecule has 0 radical (unpaired) electrons. The Kier molecular flexibility index (Phi) is 4.30. The fourth-order valence-corrected chi connectivity index (χ4v) is 2.72. The van der Waals surface area contributed by atoms with Gasteiger partial charge in [0.25, 0.3) is 5.56 Å². The summed E-state index contributed by atoms with van der Waals surface area (Å²) < 4.78 is 2.84. The van der Waals surface area contributed by atoms with Gasteiger partial charge in [0.1, 0.15) is 0 Å². The number of nitrogens with zero attached hydrogens (tertiary/aromatic N) is 3. The molecule has 1 aromatic carbocycles. The lowest BCUT2D eigenvalue weighted by Gasteiger charge is -2.13. The smallest absolute Gasteiger partial charge is 0.292 e. The molecule has 0 saturated carbocycles. The summed E-state index contributed by atoms with van der Waals surface area (Å²) in [6, 6.07) is 10.6. The molecule has 0 fully saturated rings. The van der Waals surface area contributed by atoms with Gasteiger partial charge in [0.05, 0.1) is 12.1 Å². The number of halogens is 1. The Balaban J connectivity index is 2.22. The van der Waals surface area contributed by atoms with Crippen molar-refractivity contribution in [1.29, 1.82) is 0 Å². The van der Waals surface area contributed by atoms with Gasteiger partial charge in [-0.15, -0.1) is 0 Å². The van der Waals surface area contributed by atoms with Gasteiger partial charge in [-0.2, -0.15) is 0 Å². The molecule has 0 aliphatic carbocycles. The minimum Gasteiger partial charge on any atom is -0.292 e. The summed E-state index contributed by atoms with van der Waals surface area (Å²) in [5.41, 5.74) is 1.05. The number of pyridine rings is 1. The van der Waals surface area contributed by atoms with E-state index in [0.29, 0.717) is 22.6 Å². The van der Waals surface area contributed by atoms with Crippen LogP contribution in [0, 0.1) is 0 Å². The normalized spacial score (nSPS) is 11.0. The van der Waals surface area contributed by atoms with Crippen molar-refractivity contribution in [2.45, 2.75) is 26.4 Å². The van der Waals surface area contributed by atoms with E-state index in [1.807, 2.05) is 6.92 Å². The monoisotopic (exact) mass is 329 g/mol. The van der Waals surface area contributed by atoms with Gasteiger partial charge in [0.2, 0.25) is 0 Å². The first-order valence-electron chi connectivity index (χ1n) is 7.44. The van der Waals surface area contributed by atoms with E-state index >= 15 is 0 Å². The summed E-state index contributed by atoms with van der Waals surface area (Å²) in [6.07, 6.45) is 2.36. The molecule has 0 amide bonds.